The normalized spacial score (nSPS) is 27.4. The summed E-state index contributed by atoms with van der Waals surface area (Å²) < 4.78 is 12.1. The summed E-state index contributed by atoms with van der Waals surface area (Å²) in [6, 6.07) is 7.52. The van der Waals surface area contributed by atoms with Crippen molar-refractivity contribution in [1.82, 2.24) is 4.90 Å². The molecule has 132 valence electrons. The van der Waals surface area contributed by atoms with Crippen molar-refractivity contribution in [2.45, 2.75) is 50.9 Å². The fourth-order valence-electron chi connectivity index (χ4n) is 2.89. The quantitative estimate of drug-likeness (QED) is 0.610. The molecule has 1 atom stereocenters. The molecule has 6 heteroatoms. The van der Waals surface area contributed by atoms with Crippen LogP contribution in [0, 0.1) is 11.8 Å². The van der Waals surface area contributed by atoms with Crippen LogP contribution in [-0.2, 0) is 14.1 Å². The molecule has 2 saturated heterocycles. The van der Waals surface area contributed by atoms with Gasteiger partial charge in [-0.15, -0.1) is 0 Å². The Hall–Kier alpha value is -1.81. The van der Waals surface area contributed by atoms with Crippen LogP contribution in [0.5, 0.6) is 0 Å². The molecule has 0 aromatic heterocycles. The highest BCUT2D eigenvalue weighted by Gasteiger charge is 2.51. The molecule has 1 aromatic carbocycles. The molecule has 1 unspecified atom stereocenters. The highest BCUT2D eigenvalue weighted by molar-refractivity contribution is 6.62. The summed E-state index contributed by atoms with van der Waals surface area (Å²) in [7, 11) is 1.20. The minimum absolute atomic E-state index is 0.326. The zero-order valence-corrected chi connectivity index (χ0v) is 15.4. The molecule has 0 bridgehead atoms. The minimum atomic E-state index is -1.59. The van der Waals surface area contributed by atoms with Gasteiger partial charge >= 0.3 is 7.12 Å². The van der Waals surface area contributed by atoms with E-state index in [-0.39, 0.29) is 5.91 Å². The fourth-order valence-corrected chi connectivity index (χ4v) is 2.89. The molecule has 0 saturated carbocycles. The lowest BCUT2D eigenvalue weighted by atomic mass is 9.78. The van der Waals surface area contributed by atoms with Crippen molar-refractivity contribution in [3.63, 3.8) is 0 Å². The van der Waals surface area contributed by atoms with Gasteiger partial charge in [-0.25, -0.2) is 0 Å². The van der Waals surface area contributed by atoms with E-state index in [1.54, 1.807) is 7.05 Å². The largest absolute Gasteiger partial charge is 0.494 e. The van der Waals surface area contributed by atoms with E-state index >= 15 is 0 Å². The average molecular weight is 341 g/mol. The number of aliphatic hydroxyl groups is 1. The predicted molar refractivity (Wildman–Crippen MR) is 96.2 cm³/mol. The number of likely N-dealkylation sites (tertiary alicyclic amines) is 1. The number of likely N-dealkylation sites (N-methyl/N-ethyl adjacent to an activating group) is 1. The van der Waals surface area contributed by atoms with E-state index in [0.717, 1.165) is 5.46 Å². The third kappa shape index (κ3) is 3.20. The molecule has 1 N–H and O–H groups in total. The second kappa shape index (κ2) is 5.88. The van der Waals surface area contributed by atoms with Gasteiger partial charge in [-0.05, 0) is 45.3 Å². The number of hydrogen-bond acceptors (Lipinski definition) is 4. The monoisotopic (exact) mass is 341 g/mol. The van der Waals surface area contributed by atoms with Gasteiger partial charge < -0.3 is 19.3 Å². The minimum Gasteiger partial charge on any atom is -0.399 e. The maximum atomic E-state index is 12.0. The Balaban J connectivity index is 1.83. The van der Waals surface area contributed by atoms with E-state index in [1.165, 1.54) is 4.90 Å². The van der Waals surface area contributed by atoms with Gasteiger partial charge in [0.25, 0.3) is 5.91 Å². The number of carbonyl (C=O) groups is 1. The van der Waals surface area contributed by atoms with Crippen molar-refractivity contribution < 1.29 is 19.2 Å². The molecule has 2 aliphatic rings. The van der Waals surface area contributed by atoms with Crippen molar-refractivity contribution in [3.8, 4) is 11.8 Å². The molecule has 3 rings (SSSR count). The van der Waals surface area contributed by atoms with Gasteiger partial charge in [0.2, 0.25) is 5.60 Å². The van der Waals surface area contributed by atoms with Crippen molar-refractivity contribution in [2.75, 3.05) is 13.6 Å². The number of benzene rings is 1. The maximum absolute atomic E-state index is 12.0. The van der Waals surface area contributed by atoms with E-state index in [2.05, 4.69) is 11.8 Å². The molecule has 0 radical (unpaired) electrons. The molecule has 1 amide bonds. The molecule has 2 fully saturated rings. The van der Waals surface area contributed by atoms with Gasteiger partial charge in [-0.1, -0.05) is 24.0 Å². The Morgan fingerprint density at radius 2 is 1.84 bits per heavy atom. The molecule has 1 aromatic rings. The van der Waals surface area contributed by atoms with Gasteiger partial charge in [-0.3, -0.25) is 4.79 Å². The number of rotatable bonds is 1. The Labute approximate surface area is 149 Å². The van der Waals surface area contributed by atoms with Crippen LogP contribution in [0.15, 0.2) is 24.3 Å². The van der Waals surface area contributed by atoms with E-state index in [1.807, 2.05) is 52.0 Å². The molecular weight excluding hydrogens is 317 g/mol. The Bertz CT molecular complexity index is 748. The lowest BCUT2D eigenvalue weighted by molar-refractivity contribution is -0.137. The molecule has 0 aliphatic carbocycles. The standard InChI is InChI=1S/C19H24BNO4/c1-17(2)18(3,4)25-20(24-17)15-8-6-7-14(13-15)9-10-19(23)11-12-21(5)16(19)22/h6-8,13,23H,11-12H2,1-5H3. The van der Waals surface area contributed by atoms with Crippen LogP contribution in [0.2, 0.25) is 0 Å². The van der Waals surface area contributed by atoms with Crippen molar-refractivity contribution in [3.05, 3.63) is 29.8 Å². The number of amides is 1. The third-order valence-corrected chi connectivity index (χ3v) is 5.34. The van der Waals surface area contributed by atoms with Crippen LogP contribution in [0.1, 0.15) is 39.7 Å². The first kappa shape index (κ1) is 18.0. The van der Waals surface area contributed by atoms with Gasteiger partial charge in [-0.2, -0.15) is 0 Å². The molecule has 0 spiro atoms. The Morgan fingerprint density at radius 3 is 2.40 bits per heavy atom. The van der Waals surface area contributed by atoms with Crippen LogP contribution in [0.3, 0.4) is 0 Å². The summed E-state index contributed by atoms with van der Waals surface area (Å²) in [6.07, 6.45) is 0.326. The molecule has 2 heterocycles. The summed E-state index contributed by atoms with van der Waals surface area (Å²) in [6.45, 7) is 8.55. The number of hydrogen-bond donors (Lipinski definition) is 1. The van der Waals surface area contributed by atoms with Crippen LogP contribution in [0.25, 0.3) is 0 Å². The SMILES string of the molecule is CN1CCC(O)(C#Cc2cccc(B3OC(C)(C)C(C)(C)O3)c2)C1=O. The first-order valence-electron chi connectivity index (χ1n) is 8.51. The zero-order valence-electron chi connectivity index (χ0n) is 15.4. The average Bonchev–Trinajstić information content (AvgIpc) is 2.93. The van der Waals surface area contributed by atoms with Gasteiger partial charge in [0, 0.05) is 25.6 Å². The molecule has 25 heavy (non-hydrogen) atoms. The maximum Gasteiger partial charge on any atom is 0.494 e. The number of carbonyl (C=O) groups excluding carboxylic acids is 1. The molecule has 2 aliphatic heterocycles. The van der Waals surface area contributed by atoms with E-state index in [4.69, 9.17) is 9.31 Å². The molecule has 5 nitrogen and oxygen atoms in total. The second-order valence-corrected chi connectivity index (χ2v) is 7.80. The summed E-state index contributed by atoms with van der Waals surface area (Å²) in [4.78, 5) is 13.5. The zero-order chi connectivity index (χ0) is 18.5. The first-order chi connectivity index (χ1) is 11.5. The highest BCUT2D eigenvalue weighted by Crippen LogP contribution is 2.36. The van der Waals surface area contributed by atoms with Crippen LogP contribution in [-0.4, -0.2) is 53.4 Å². The third-order valence-electron chi connectivity index (χ3n) is 5.34. The summed E-state index contributed by atoms with van der Waals surface area (Å²) >= 11 is 0. The molecular formula is C19H24BNO4. The van der Waals surface area contributed by atoms with Gasteiger partial charge in [0.1, 0.15) is 0 Å². The van der Waals surface area contributed by atoms with E-state index < -0.39 is 23.9 Å². The topological polar surface area (TPSA) is 59.0 Å². The predicted octanol–water partition coefficient (Wildman–Crippen LogP) is 0.930. The lowest BCUT2D eigenvalue weighted by Crippen LogP contribution is -2.41. The smallest absolute Gasteiger partial charge is 0.399 e. The fraction of sp³-hybridized carbons (Fsp3) is 0.526. The van der Waals surface area contributed by atoms with Crippen molar-refractivity contribution in [2.24, 2.45) is 0 Å². The number of nitrogens with zero attached hydrogens (tertiary/aromatic N) is 1. The van der Waals surface area contributed by atoms with Crippen LogP contribution in [0.4, 0.5) is 0 Å². The Morgan fingerprint density at radius 1 is 1.20 bits per heavy atom. The lowest BCUT2D eigenvalue weighted by Gasteiger charge is -2.32. The summed E-state index contributed by atoms with van der Waals surface area (Å²) in [5.41, 5.74) is -0.824. The van der Waals surface area contributed by atoms with Crippen LogP contribution >= 0.6 is 0 Å². The van der Waals surface area contributed by atoms with E-state index in [0.29, 0.717) is 18.5 Å². The van der Waals surface area contributed by atoms with Crippen molar-refractivity contribution >= 4 is 18.5 Å². The van der Waals surface area contributed by atoms with Gasteiger partial charge in [0.05, 0.1) is 11.2 Å². The second-order valence-electron chi connectivity index (χ2n) is 7.80. The van der Waals surface area contributed by atoms with Crippen LogP contribution < -0.4 is 5.46 Å². The summed E-state index contributed by atoms with van der Waals surface area (Å²) in [5, 5.41) is 10.4. The Kier molecular flexibility index (Phi) is 4.23. The van der Waals surface area contributed by atoms with Crippen molar-refractivity contribution in [1.29, 1.82) is 0 Å². The van der Waals surface area contributed by atoms with E-state index in [9.17, 15) is 9.90 Å². The highest BCUT2D eigenvalue weighted by atomic mass is 16.7. The summed E-state index contributed by atoms with van der Waals surface area (Å²) in [5.74, 6) is 5.32. The first-order valence-corrected chi connectivity index (χ1v) is 8.51. The van der Waals surface area contributed by atoms with Gasteiger partial charge in [0.15, 0.2) is 0 Å².